The minimum Gasteiger partial charge on any atom is -0.0953 e. The van der Waals surface area contributed by atoms with E-state index in [0.717, 1.165) is 0 Å². The van der Waals surface area contributed by atoms with Crippen molar-refractivity contribution in [1.82, 2.24) is 0 Å². The zero-order chi connectivity index (χ0) is 9.94. The van der Waals surface area contributed by atoms with Crippen LogP contribution in [0.3, 0.4) is 0 Å². The van der Waals surface area contributed by atoms with E-state index in [-0.39, 0.29) is 5.41 Å². The molecule has 0 bridgehead atoms. The van der Waals surface area contributed by atoms with Gasteiger partial charge >= 0.3 is 0 Å². The molecular weight excluding hydrogens is 144 g/mol. The van der Waals surface area contributed by atoms with Crippen molar-refractivity contribution in [1.29, 1.82) is 0 Å². The van der Waals surface area contributed by atoms with Crippen molar-refractivity contribution < 1.29 is 0 Å². The third-order valence-corrected chi connectivity index (χ3v) is 2.28. The monoisotopic (exact) mass is 166 g/mol. The van der Waals surface area contributed by atoms with Crippen LogP contribution in [0, 0.1) is 11.3 Å². The Bertz CT molecular complexity index is 187. The van der Waals surface area contributed by atoms with Crippen molar-refractivity contribution in [2.75, 3.05) is 0 Å². The van der Waals surface area contributed by atoms with Crippen LogP contribution in [-0.2, 0) is 0 Å². The SMILES string of the molecule is C=C(C=C(C)C(C)C)C(C)(C)C. The maximum absolute atomic E-state index is 4.07. The van der Waals surface area contributed by atoms with Crippen LogP contribution in [0.2, 0.25) is 0 Å². The Morgan fingerprint density at radius 3 is 1.92 bits per heavy atom. The minimum absolute atomic E-state index is 0.205. The van der Waals surface area contributed by atoms with Gasteiger partial charge in [-0.1, -0.05) is 52.8 Å². The summed E-state index contributed by atoms with van der Waals surface area (Å²) in [4.78, 5) is 0. The summed E-state index contributed by atoms with van der Waals surface area (Å²) in [6.45, 7) is 17.2. The summed E-state index contributed by atoms with van der Waals surface area (Å²) in [6, 6.07) is 0. The normalized spacial score (nSPS) is 13.8. The first-order chi connectivity index (χ1) is 5.25. The highest BCUT2D eigenvalue weighted by atomic mass is 14.2. The van der Waals surface area contributed by atoms with Crippen LogP contribution in [0.1, 0.15) is 41.5 Å². The molecule has 0 heteroatoms. The molecule has 0 rings (SSSR count). The molecule has 0 aliphatic carbocycles. The molecule has 0 unspecified atom stereocenters. The lowest BCUT2D eigenvalue weighted by Gasteiger charge is -2.20. The van der Waals surface area contributed by atoms with E-state index >= 15 is 0 Å². The lowest BCUT2D eigenvalue weighted by atomic mass is 9.85. The summed E-state index contributed by atoms with van der Waals surface area (Å²) in [7, 11) is 0. The summed E-state index contributed by atoms with van der Waals surface area (Å²) in [6.07, 6.45) is 2.21. The van der Waals surface area contributed by atoms with Crippen LogP contribution in [0.15, 0.2) is 23.8 Å². The molecule has 12 heavy (non-hydrogen) atoms. The van der Waals surface area contributed by atoms with Gasteiger partial charge in [-0.15, -0.1) is 0 Å². The molecule has 0 aromatic rings. The average Bonchev–Trinajstić information content (AvgIpc) is 1.85. The van der Waals surface area contributed by atoms with E-state index in [2.05, 4.69) is 54.2 Å². The number of rotatable bonds is 2. The van der Waals surface area contributed by atoms with E-state index < -0.39 is 0 Å². The van der Waals surface area contributed by atoms with Gasteiger partial charge in [0.05, 0.1) is 0 Å². The van der Waals surface area contributed by atoms with E-state index in [1.807, 2.05) is 0 Å². The molecule has 0 saturated carbocycles. The predicted octanol–water partition coefficient (Wildman–Crippen LogP) is 4.19. The third-order valence-electron chi connectivity index (χ3n) is 2.28. The molecule has 0 aromatic heterocycles. The van der Waals surface area contributed by atoms with Crippen molar-refractivity contribution in [3.05, 3.63) is 23.8 Å². The number of allylic oxidation sites excluding steroid dienone is 3. The Morgan fingerprint density at radius 2 is 1.67 bits per heavy atom. The van der Waals surface area contributed by atoms with Crippen LogP contribution in [0.5, 0.6) is 0 Å². The summed E-state index contributed by atoms with van der Waals surface area (Å²) in [5.41, 5.74) is 2.83. The molecule has 0 saturated heterocycles. The second-order valence-corrected chi connectivity index (χ2v) is 4.82. The van der Waals surface area contributed by atoms with Gasteiger partial charge in [0.1, 0.15) is 0 Å². The van der Waals surface area contributed by atoms with Gasteiger partial charge in [-0.2, -0.15) is 0 Å². The van der Waals surface area contributed by atoms with Crippen molar-refractivity contribution in [2.24, 2.45) is 11.3 Å². The lowest BCUT2D eigenvalue weighted by Crippen LogP contribution is -2.07. The van der Waals surface area contributed by atoms with Crippen LogP contribution in [0.25, 0.3) is 0 Å². The molecular formula is C12H22. The van der Waals surface area contributed by atoms with Gasteiger partial charge in [-0.3, -0.25) is 0 Å². The molecule has 0 amide bonds. The van der Waals surface area contributed by atoms with Gasteiger partial charge in [0, 0.05) is 0 Å². The van der Waals surface area contributed by atoms with E-state index in [1.165, 1.54) is 11.1 Å². The first kappa shape index (κ1) is 11.5. The lowest BCUT2D eigenvalue weighted by molar-refractivity contribution is 0.517. The van der Waals surface area contributed by atoms with Crippen LogP contribution < -0.4 is 0 Å². The molecule has 0 heterocycles. The average molecular weight is 166 g/mol. The van der Waals surface area contributed by atoms with E-state index in [0.29, 0.717) is 5.92 Å². The molecule has 0 aliphatic rings. The molecule has 0 N–H and O–H groups in total. The summed E-state index contributed by atoms with van der Waals surface area (Å²) in [5, 5.41) is 0. The topological polar surface area (TPSA) is 0 Å². The standard InChI is InChI=1S/C12H22/c1-9(2)10(3)8-11(4)12(5,6)7/h8-9H,4H2,1-3,5-7H3. The van der Waals surface area contributed by atoms with Gasteiger partial charge in [-0.05, 0) is 23.8 Å². The van der Waals surface area contributed by atoms with Gasteiger partial charge in [0.2, 0.25) is 0 Å². The molecule has 0 atom stereocenters. The second kappa shape index (κ2) is 3.93. The first-order valence-corrected chi connectivity index (χ1v) is 4.62. The zero-order valence-electron chi connectivity index (χ0n) is 9.36. The van der Waals surface area contributed by atoms with Crippen molar-refractivity contribution in [3.63, 3.8) is 0 Å². The molecule has 0 nitrogen and oxygen atoms in total. The maximum Gasteiger partial charge on any atom is -0.0138 e. The molecule has 0 spiro atoms. The Hall–Kier alpha value is -0.520. The first-order valence-electron chi connectivity index (χ1n) is 4.62. The van der Waals surface area contributed by atoms with Crippen molar-refractivity contribution in [2.45, 2.75) is 41.5 Å². The molecule has 0 radical (unpaired) electrons. The highest BCUT2D eigenvalue weighted by Gasteiger charge is 2.12. The highest BCUT2D eigenvalue weighted by Crippen LogP contribution is 2.26. The summed E-state index contributed by atoms with van der Waals surface area (Å²) >= 11 is 0. The third kappa shape index (κ3) is 3.75. The molecule has 0 aliphatic heterocycles. The Kier molecular flexibility index (Phi) is 3.76. The van der Waals surface area contributed by atoms with Gasteiger partial charge in [0.15, 0.2) is 0 Å². The fraction of sp³-hybridized carbons (Fsp3) is 0.667. The number of hydrogen-bond acceptors (Lipinski definition) is 0. The minimum atomic E-state index is 0.205. The van der Waals surface area contributed by atoms with Crippen LogP contribution >= 0.6 is 0 Å². The second-order valence-electron chi connectivity index (χ2n) is 4.82. The van der Waals surface area contributed by atoms with Crippen molar-refractivity contribution >= 4 is 0 Å². The van der Waals surface area contributed by atoms with E-state index in [4.69, 9.17) is 0 Å². The fourth-order valence-corrected chi connectivity index (χ4v) is 0.658. The van der Waals surface area contributed by atoms with E-state index in [1.54, 1.807) is 0 Å². The highest BCUT2D eigenvalue weighted by molar-refractivity contribution is 5.25. The van der Waals surface area contributed by atoms with Gasteiger partial charge in [-0.25, -0.2) is 0 Å². The van der Waals surface area contributed by atoms with Crippen LogP contribution in [-0.4, -0.2) is 0 Å². The van der Waals surface area contributed by atoms with E-state index in [9.17, 15) is 0 Å². The van der Waals surface area contributed by atoms with Crippen LogP contribution in [0.4, 0.5) is 0 Å². The molecule has 0 aromatic carbocycles. The Labute approximate surface area is 77.4 Å². The Balaban J connectivity index is 4.46. The molecule has 70 valence electrons. The zero-order valence-corrected chi connectivity index (χ0v) is 9.36. The fourth-order valence-electron chi connectivity index (χ4n) is 0.658. The van der Waals surface area contributed by atoms with Crippen molar-refractivity contribution in [3.8, 4) is 0 Å². The quantitative estimate of drug-likeness (QED) is 0.539. The Morgan fingerprint density at radius 1 is 1.25 bits per heavy atom. The summed E-state index contributed by atoms with van der Waals surface area (Å²) < 4.78 is 0. The predicted molar refractivity (Wildman–Crippen MR) is 57.2 cm³/mol. The smallest absolute Gasteiger partial charge is 0.0138 e. The summed E-state index contributed by atoms with van der Waals surface area (Å²) in [5.74, 6) is 0.629. The largest absolute Gasteiger partial charge is 0.0953 e. The maximum atomic E-state index is 4.07. The van der Waals surface area contributed by atoms with Gasteiger partial charge < -0.3 is 0 Å². The molecule has 0 fully saturated rings. The van der Waals surface area contributed by atoms with Gasteiger partial charge in [0.25, 0.3) is 0 Å². The number of hydrogen-bond donors (Lipinski definition) is 0.